The van der Waals surface area contributed by atoms with Gasteiger partial charge in [-0.3, -0.25) is 4.79 Å². The van der Waals surface area contributed by atoms with Gasteiger partial charge in [-0.1, -0.05) is 13.3 Å². The smallest absolute Gasteiger partial charge is 0.325 e. The van der Waals surface area contributed by atoms with Gasteiger partial charge in [0.2, 0.25) is 0 Å². The summed E-state index contributed by atoms with van der Waals surface area (Å²) in [6.07, 6.45) is 5.81. The minimum atomic E-state index is -0.709. The average Bonchev–Trinajstić information content (AvgIpc) is 3.21. The van der Waals surface area contributed by atoms with Crippen LogP contribution in [0.2, 0.25) is 0 Å². The molecule has 1 unspecified atom stereocenters. The number of piperidine rings is 1. The molecule has 1 aliphatic carbocycles. The summed E-state index contributed by atoms with van der Waals surface area (Å²) in [5, 5.41) is 12.7. The summed E-state index contributed by atoms with van der Waals surface area (Å²) in [5.74, 6) is 0.491. The molecule has 1 saturated carbocycles. The lowest BCUT2D eigenvalue weighted by molar-refractivity contribution is -0.147. The van der Waals surface area contributed by atoms with E-state index in [4.69, 9.17) is 0 Å². The fraction of sp³-hybridized carbons (Fsp3) is 0.929. The van der Waals surface area contributed by atoms with Gasteiger partial charge < -0.3 is 15.3 Å². The van der Waals surface area contributed by atoms with Crippen LogP contribution in [0.5, 0.6) is 0 Å². The predicted molar refractivity (Wildman–Crippen MR) is 71.6 cm³/mol. The monoisotopic (exact) mass is 254 g/mol. The van der Waals surface area contributed by atoms with Gasteiger partial charge in [0.1, 0.15) is 5.54 Å². The Kier molecular flexibility index (Phi) is 4.28. The van der Waals surface area contributed by atoms with Crippen LogP contribution >= 0.6 is 0 Å². The molecule has 0 bridgehead atoms. The van der Waals surface area contributed by atoms with Crippen LogP contribution in [0.1, 0.15) is 39.0 Å². The van der Waals surface area contributed by atoms with Crippen LogP contribution in [-0.4, -0.2) is 48.2 Å². The van der Waals surface area contributed by atoms with Crippen molar-refractivity contribution in [1.82, 2.24) is 10.2 Å². The Morgan fingerprint density at radius 3 is 2.33 bits per heavy atom. The van der Waals surface area contributed by atoms with E-state index >= 15 is 0 Å². The molecule has 0 amide bonds. The van der Waals surface area contributed by atoms with E-state index in [0.29, 0.717) is 12.5 Å². The Labute approximate surface area is 110 Å². The van der Waals surface area contributed by atoms with Crippen LogP contribution in [0, 0.1) is 11.8 Å². The summed E-state index contributed by atoms with van der Waals surface area (Å²) < 4.78 is 0. The van der Waals surface area contributed by atoms with Crippen molar-refractivity contribution < 1.29 is 9.90 Å². The third kappa shape index (κ3) is 2.69. The highest BCUT2D eigenvalue weighted by Crippen LogP contribution is 2.40. The predicted octanol–water partition coefficient (Wildman–Crippen LogP) is 1.56. The second kappa shape index (κ2) is 5.57. The molecule has 0 radical (unpaired) electrons. The maximum absolute atomic E-state index is 11.6. The van der Waals surface area contributed by atoms with Gasteiger partial charge in [-0.05, 0) is 57.7 Å². The fourth-order valence-electron chi connectivity index (χ4n) is 3.24. The fourth-order valence-corrected chi connectivity index (χ4v) is 3.24. The van der Waals surface area contributed by atoms with Gasteiger partial charge in [0, 0.05) is 6.54 Å². The largest absolute Gasteiger partial charge is 0.480 e. The molecule has 1 aliphatic heterocycles. The zero-order valence-corrected chi connectivity index (χ0v) is 11.6. The van der Waals surface area contributed by atoms with Gasteiger partial charge in [0.15, 0.2) is 0 Å². The maximum Gasteiger partial charge on any atom is 0.325 e. The SMILES string of the molecule is CCC1CCN(CC(NC)(C(=O)O)C2CC2)CC1. The molecule has 0 aromatic heterocycles. The molecule has 0 aromatic carbocycles. The van der Waals surface area contributed by atoms with Crippen molar-refractivity contribution in [2.24, 2.45) is 11.8 Å². The zero-order valence-electron chi connectivity index (χ0n) is 11.6. The standard InChI is InChI=1S/C14H26N2O2/c1-3-11-6-8-16(9-7-11)10-14(15-2,13(17)18)12-4-5-12/h11-12,15H,3-10H2,1-2H3,(H,17,18). The molecule has 1 atom stereocenters. The molecule has 0 aromatic rings. The van der Waals surface area contributed by atoms with Crippen molar-refractivity contribution in [2.75, 3.05) is 26.7 Å². The Bertz CT molecular complexity index is 296. The van der Waals surface area contributed by atoms with Crippen LogP contribution in [-0.2, 0) is 4.79 Å². The topological polar surface area (TPSA) is 52.6 Å². The van der Waals surface area contributed by atoms with E-state index in [-0.39, 0.29) is 0 Å². The lowest BCUT2D eigenvalue weighted by atomic mass is 9.89. The summed E-state index contributed by atoms with van der Waals surface area (Å²) >= 11 is 0. The molecule has 2 N–H and O–H groups in total. The zero-order chi connectivity index (χ0) is 13.2. The Morgan fingerprint density at radius 1 is 1.33 bits per heavy atom. The Balaban J connectivity index is 1.95. The van der Waals surface area contributed by atoms with Crippen molar-refractivity contribution in [1.29, 1.82) is 0 Å². The highest BCUT2D eigenvalue weighted by atomic mass is 16.4. The molecule has 4 nitrogen and oxygen atoms in total. The van der Waals surface area contributed by atoms with Gasteiger partial charge in [0.05, 0.1) is 0 Å². The summed E-state index contributed by atoms with van der Waals surface area (Å²) in [4.78, 5) is 14.0. The number of nitrogens with one attached hydrogen (secondary N) is 1. The van der Waals surface area contributed by atoms with E-state index in [0.717, 1.165) is 31.8 Å². The molecule has 2 fully saturated rings. The third-order valence-corrected chi connectivity index (χ3v) is 4.86. The number of carboxylic acids is 1. The van der Waals surface area contributed by atoms with Crippen LogP contribution in [0.15, 0.2) is 0 Å². The van der Waals surface area contributed by atoms with E-state index in [1.807, 2.05) is 0 Å². The van der Waals surface area contributed by atoms with Crippen molar-refractivity contribution in [2.45, 2.75) is 44.6 Å². The van der Waals surface area contributed by atoms with E-state index < -0.39 is 11.5 Å². The van der Waals surface area contributed by atoms with Crippen LogP contribution < -0.4 is 5.32 Å². The minimum Gasteiger partial charge on any atom is -0.480 e. The normalized spacial score (nSPS) is 25.9. The van der Waals surface area contributed by atoms with E-state index in [1.165, 1.54) is 19.3 Å². The van der Waals surface area contributed by atoms with E-state index in [2.05, 4.69) is 17.1 Å². The number of nitrogens with zero attached hydrogens (tertiary/aromatic N) is 1. The van der Waals surface area contributed by atoms with Gasteiger partial charge in [-0.15, -0.1) is 0 Å². The molecule has 2 rings (SSSR count). The summed E-state index contributed by atoms with van der Waals surface area (Å²) in [7, 11) is 1.80. The van der Waals surface area contributed by atoms with E-state index in [1.54, 1.807) is 7.05 Å². The van der Waals surface area contributed by atoms with Gasteiger partial charge in [-0.2, -0.15) is 0 Å². The van der Waals surface area contributed by atoms with Gasteiger partial charge in [0.25, 0.3) is 0 Å². The number of carboxylic acid groups (broad SMARTS) is 1. The lowest BCUT2D eigenvalue weighted by Crippen LogP contribution is -2.60. The number of carbonyl (C=O) groups is 1. The molecular formula is C14H26N2O2. The quantitative estimate of drug-likeness (QED) is 0.755. The second-order valence-corrected chi connectivity index (χ2v) is 5.93. The number of hydrogen-bond acceptors (Lipinski definition) is 3. The Morgan fingerprint density at radius 2 is 1.94 bits per heavy atom. The van der Waals surface area contributed by atoms with Crippen LogP contribution in [0.25, 0.3) is 0 Å². The van der Waals surface area contributed by atoms with Crippen LogP contribution in [0.3, 0.4) is 0 Å². The highest BCUT2D eigenvalue weighted by Gasteiger charge is 2.51. The number of aliphatic carboxylic acids is 1. The maximum atomic E-state index is 11.6. The molecule has 0 spiro atoms. The first-order valence-corrected chi connectivity index (χ1v) is 7.27. The first-order chi connectivity index (χ1) is 8.62. The van der Waals surface area contributed by atoms with Crippen molar-refractivity contribution in [3.8, 4) is 0 Å². The molecule has 18 heavy (non-hydrogen) atoms. The van der Waals surface area contributed by atoms with E-state index in [9.17, 15) is 9.90 Å². The average molecular weight is 254 g/mol. The molecule has 1 heterocycles. The third-order valence-electron chi connectivity index (χ3n) is 4.86. The minimum absolute atomic E-state index is 0.323. The van der Waals surface area contributed by atoms with Gasteiger partial charge >= 0.3 is 5.97 Å². The summed E-state index contributed by atoms with van der Waals surface area (Å²) in [6.45, 7) is 5.03. The molecule has 2 aliphatic rings. The Hall–Kier alpha value is -0.610. The van der Waals surface area contributed by atoms with Gasteiger partial charge in [-0.25, -0.2) is 0 Å². The molecule has 104 valence electrons. The number of likely N-dealkylation sites (N-methyl/N-ethyl adjacent to an activating group) is 1. The first kappa shape index (κ1) is 13.8. The highest BCUT2D eigenvalue weighted by molar-refractivity contribution is 5.80. The number of hydrogen-bond donors (Lipinski definition) is 2. The molecule has 4 heteroatoms. The summed E-state index contributed by atoms with van der Waals surface area (Å²) in [6, 6.07) is 0. The van der Waals surface area contributed by atoms with Crippen molar-refractivity contribution >= 4 is 5.97 Å². The second-order valence-electron chi connectivity index (χ2n) is 5.93. The lowest BCUT2D eigenvalue weighted by Gasteiger charge is -2.38. The number of rotatable bonds is 6. The first-order valence-electron chi connectivity index (χ1n) is 7.27. The van der Waals surface area contributed by atoms with Crippen LogP contribution in [0.4, 0.5) is 0 Å². The van der Waals surface area contributed by atoms with Crippen molar-refractivity contribution in [3.63, 3.8) is 0 Å². The summed E-state index contributed by atoms with van der Waals surface area (Å²) in [5.41, 5.74) is -0.709. The molecular weight excluding hydrogens is 228 g/mol. The molecule has 1 saturated heterocycles. The van der Waals surface area contributed by atoms with Crippen molar-refractivity contribution in [3.05, 3.63) is 0 Å². The number of likely N-dealkylation sites (tertiary alicyclic amines) is 1.